The van der Waals surface area contributed by atoms with Gasteiger partial charge in [0.05, 0.1) is 5.36 Å². The van der Waals surface area contributed by atoms with Crippen molar-refractivity contribution in [2.24, 2.45) is 4.99 Å². The Hall–Kier alpha value is -6.73. The predicted molar refractivity (Wildman–Crippen MR) is 261 cm³/mol. The van der Waals surface area contributed by atoms with Crippen LogP contribution in [0.4, 0.5) is 0 Å². The zero-order valence-electron chi connectivity index (χ0n) is 38.9. The average molecular weight is 850 g/mol. The third-order valence-corrected chi connectivity index (χ3v) is 13.1. The van der Waals surface area contributed by atoms with Crippen molar-refractivity contribution in [2.45, 2.75) is 74.1 Å². The van der Waals surface area contributed by atoms with E-state index in [1.54, 1.807) is 0 Å². The number of carbonyl (C=O) groups is 2. The Morgan fingerprint density at radius 1 is 0.594 bits per heavy atom. The van der Waals surface area contributed by atoms with Gasteiger partial charge in [0, 0.05) is 83.8 Å². The highest BCUT2D eigenvalue weighted by Crippen LogP contribution is 2.43. The first kappa shape index (κ1) is 43.9. The third kappa shape index (κ3) is 8.39. The van der Waals surface area contributed by atoms with Gasteiger partial charge in [0.15, 0.2) is 0 Å². The summed E-state index contributed by atoms with van der Waals surface area (Å²) in [7, 11) is 3.79. The van der Waals surface area contributed by atoms with E-state index in [2.05, 4.69) is 96.7 Å². The van der Waals surface area contributed by atoms with Gasteiger partial charge in [0.25, 0.3) is 11.8 Å². The number of fused-ring (bicyclic) bond motifs is 4. The Labute approximate surface area is 377 Å². The van der Waals surface area contributed by atoms with Crippen molar-refractivity contribution in [3.8, 4) is 33.9 Å². The molecule has 7 nitrogen and oxygen atoms in total. The van der Waals surface area contributed by atoms with Crippen LogP contribution in [-0.4, -0.2) is 55.3 Å². The van der Waals surface area contributed by atoms with E-state index in [-0.39, 0.29) is 11.8 Å². The summed E-state index contributed by atoms with van der Waals surface area (Å²) in [5.41, 5.74) is 14.6. The number of ether oxygens (including phenoxy) is 1. The topological polar surface area (TPSA) is 75.4 Å². The van der Waals surface area contributed by atoms with E-state index >= 15 is 0 Å². The summed E-state index contributed by atoms with van der Waals surface area (Å²) in [5.74, 6) is 2.26. The molecule has 0 unspecified atom stereocenters. The maximum Gasteiger partial charge on any atom is 0.254 e. The zero-order chi connectivity index (χ0) is 45.4. The molecule has 326 valence electrons. The molecule has 2 aliphatic heterocycles. The van der Waals surface area contributed by atoms with Crippen LogP contribution in [0.3, 0.4) is 0 Å². The van der Waals surface area contributed by atoms with Gasteiger partial charge in [-0.25, -0.2) is 0 Å². The second-order valence-corrected chi connectivity index (χ2v) is 17.7. The molecule has 0 atom stereocenters. The Kier molecular flexibility index (Phi) is 12.5. The van der Waals surface area contributed by atoms with Gasteiger partial charge < -0.3 is 19.0 Å². The molecule has 0 N–H and O–H groups in total. The lowest BCUT2D eigenvalue weighted by Crippen LogP contribution is -2.30. The first-order valence-corrected chi connectivity index (χ1v) is 22.6. The number of hydrogen-bond acceptors (Lipinski definition) is 5. The summed E-state index contributed by atoms with van der Waals surface area (Å²) >= 11 is 0. The van der Waals surface area contributed by atoms with Crippen LogP contribution in [0.2, 0.25) is 0 Å². The van der Waals surface area contributed by atoms with Gasteiger partial charge in [-0.2, -0.15) is 0 Å². The number of amides is 2. The van der Waals surface area contributed by atoms with E-state index in [0.29, 0.717) is 30.8 Å². The fourth-order valence-corrected chi connectivity index (χ4v) is 9.00. The Bertz CT molecular complexity index is 3140. The quantitative estimate of drug-likeness (QED) is 0.0906. The highest BCUT2D eigenvalue weighted by atomic mass is 16.5. The van der Waals surface area contributed by atoms with E-state index in [9.17, 15) is 9.59 Å². The molecule has 0 bridgehead atoms. The fourth-order valence-electron chi connectivity index (χ4n) is 9.00. The van der Waals surface area contributed by atoms with Gasteiger partial charge in [-0.15, -0.1) is 0 Å². The van der Waals surface area contributed by atoms with Crippen LogP contribution in [0.5, 0.6) is 11.5 Å². The van der Waals surface area contributed by atoms with Crippen LogP contribution >= 0.6 is 0 Å². The van der Waals surface area contributed by atoms with Crippen molar-refractivity contribution in [2.75, 3.05) is 33.7 Å². The lowest BCUT2D eigenvalue weighted by atomic mass is 9.87. The van der Waals surface area contributed by atoms with Gasteiger partial charge in [0.2, 0.25) is 0 Å². The second-order valence-electron chi connectivity index (χ2n) is 17.7. The molecule has 64 heavy (non-hydrogen) atoms. The molecule has 0 aromatic heterocycles. The highest BCUT2D eigenvalue weighted by molar-refractivity contribution is 6.09. The monoisotopic (exact) mass is 849 g/mol. The molecule has 1 aliphatic carbocycles. The summed E-state index contributed by atoms with van der Waals surface area (Å²) in [6.45, 7) is 20.7. The summed E-state index contributed by atoms with van der Waals surface area (Å²) < 4.78 is 13.0. The van der Waals surface area contributed by atoms with E-state index in [1.807, 2.05) is 79.3 Å². The molecule has 3 aliphatic rings. The lowest BCUT2D eigenvalue weighted by molar-refractivity contribution is 0.0780. The Balaban J connectivity index is 0.957. The number of nitrogens with zero attached hydrogens (tertiary/aromatic N) is 3. The third-order valence-electron chi connectivity index (χ3n) is 13.1. The number of rotatable bonds is 12. The van der Waals surface area contributed by atoms with Crippen LogP contribution in [0.25, 0.3) is 45.6 Å². The van der Waals surface area contributed by atoms with Crippen molar-refractivity contribution in [1.82, 2.24) is 9.80 Å². The SMILES string of the molecule is C=c1cc2c(cc1C)=C(c1ccccc1C(=O)N(C)CCCCCCN(C)C(=O)c1ccccc1-c1c3cc(C)c(=NCC)cc-3oc3cc(C)c(C)cc13)c1cc(C)c(C)cc1O2. The van der Waals surface area contributed by atoms with Crippen LogP contribution in [0.1, 0.15) is 97.8 Å². The molecule has 7 heteroatoms. The molecule has 0 saturated heterocycles. The summed E-state index contributed by atoms with van der Waals surface area (Å²) in [5, 5.41) is 3.78. The molecule has 5 aromatic carbocycles. The smallest absolute Gasteiger partial charge is 0.254 e. The van der Waals surface area contributed by atoms with E-state index < -0.39 is 0 Å². The summed E-state index contributed by atoms with van der Waals surface area (Å²) in [6.07, 6.45) is 3.59. The van der Waals surface area contributed by atoms with E-state index in [0.717, 1.165) is 125 Å². The normalized spacial score (nSPS) is 12.3. The number of hydrogen-bond donors (Lipinski definition) is 0. The number of carbonyl (C=O) groups excluding carboxylic acids is 2. The lowest BCUT2D eigenvalue weighted by Gasteiger charge is -2.25. The number of unbranched alkanes of at least 4 members (excludes halogenated alkanes) is 3. The molecule has 5 aromatic rings. The molecule has 2 amide bonds. The van der Waals surface area contributed by atoms with Crippen molar-refractivity contribution in [1.29, 1.82) is 0 Å². The van der Waals surface area contributed by atoms with Crippen LogP contribution < -0.4 is 20.5 Å². The maximum atomic E-state index is 14.3. The van der Waals surface area contributed by atoms with Crippen molar-refractivity contribution < 1.29 is 18.7 Å². The predicted octanol–water partition coefficient (Wildman–Crippen LogP) is 11.1. The minimum Gasteiger partial charge on any atom is -0.456 e. The van der Waals surface area contributed by atoms with E-state index in [4.69, 9.17) is 14.1 Å². The van der Waals surface area contributed by atoms with Gasteiger partial charge in [-0.05, 0) is 166 Å². The van der Waals surface area contributed by atoms with Gasteiger partial charge in [-0.1, -0.05) is 55.8 Å². The standard InChI is InChI=1S/C57H59N3O4/c1-11-58-49-33-53-48(29-40(49)8)55(47-28-36(4)39(7)32-52(47)64-53)42-21-15-17-23-44(42)57(62)60(10)25-19-13-12-18-24-59(9)56(61)43-22-16-14-20-41(43)54-45-26-34(2)37(5)30-50(45)63-51-31-38(6)35(3)27-46(51)54/h14-17,20-23,26-33H,5,11-13,18-19,24-25H2,1-4,6-10H3. The van der Waals surface area contributed by atoms with Crippen molar-refractivity contribution >= 4 is 34.9 Å². The summed E-state index contributed by atoms with van der Waals surface area (Å²) in [4.78, 5) is 37.0. The molecular weight excluding hydrogens is 791 g/mol. The van der Waals surface area contributed by atoms with Gasteiger partial charge in [0.1, 0.15) is 22.8 Å². The largest absolute Gasteiger partial charge is 0.456 e. The van der Waals surface area contributed by atoms with E-state index in [1.165, 1.54) is 11.1 Å². The van der Waals surface area contributed by atoms with Crippen LogP contribution in [-0.2, 0) is 0 Å². The molecule has 0 spiro atoms. The summed E-state index contributed by atoms with van der Waals surface area (Å²) in [6, 6.07) is 32.7. The minimum absolute atomic E-state index is 0.0134. The number of aryl methyl sites for hydroxylation is 6. The highest BCUT2D eigenvalue weighted by Gasteiger charge is 2.27. The first-order chi connectivity index (χ1) is 30.7. The zero-order valence-corrected chi connectivity index (χ0v) is 38.9. The first-order valence-electron chi connectivity index (χ1n) is 22.6. The molecule has 0 fully saturated rings. The molecule has 0 saturated carbocycles. The molecule has 2 heterocycles. The molecule has 0 radical (unpaired) electrons. The Morgan fingerprint density at radius 3 is 1.84 bits per heavy atom. The van der Waals surface area contributed by atoms with Gasteiger partial charge in [-0.3, -0.25) is 14.6 Å². The average Bonchev–Trinajstić information content (AvgIpc) is 3.27. The minimum atomic E-state index is -0.0141. The maximum absolute atomic E-state index is 14.3. The number of benzene rings is 6. The van der Waals surface area contributed by atoms with Crippen LogP contribution in [0, 0.1) is 41.5 Å². The fraction of sp³-hybridized carbons (Fsp3) is 0.281. The molecular formula is C57H59N3O4. The van der Waals surface area contributed by atoms with Crippen molar-refractivity contribution in [3.63, 3.8) is 0 Å². The second kappa shape index (κ2) is 18.2. The molecule has 8 rings (SSSR count). The van der Waals surface area contributed by atoms with Gasteiger partial charge >= 0.3 is 0 Å². The van der Waals surface area contributed by atoms with Crippen LogP contribution in [0.15, 0.2) is 106 Å². The Morgan fingerprint density at radius 2 is 1.17 bits per heavy atom. The van der Waals surface area contributed by atoms with Crippen molar-refractivity contribution in [3.05, 3.63) is 168 Å².